The van der Waals surface area contributed by atoms with Crippen LogP contribution in [-0.4, -0.2) is 17.6 Å². The quantitative estimate of drug-likeness (QED) is 0.449. The molecule has 3 nitrogen and oxygen atoms in total. The molecule has 2 aliphatic rings. The highest BCUT2D eigenvalue weighted by Crippen LogP contribution is 2.41. The molecule has 5 rings (SSSR count). The summed E-state index contributed by atoms with van der Waals surface area (Å²) < 4.78 is 5.67. The Kier molecular flexibility index (Phi) is 5.73. The maximum absolute atomic E-state index is 6.98. The lowest BCUT2D eigenvalue weighted by molar-refractivity contribution is 0.133. The normalized spacial score (nSPS) is 21.8. The van der Waals surface area contributed by atoms with E-state index in [1.807, 2.05) is 6.07 Å². The van der Waals surface area contributed by atoms with Crippen molar-refractivity contribution in [2.24, 2.45) is 5.92 Å². The largest absolute Gasteiger partial charge is 0.481 e. The van der Waals surface area contributed by atoms with Crippen molar-refractivity contribution >= 4 is 11.6 Å². The summed E-state index contributed by atoms with van der Waals surface area (Å²) in [7, 11) is 1.69. The molecule has 0 amide bonds. The number of methoxy groups -OCH3 is 1. The number of nitrogens with one attached hydrogen (secondary N) is 1. The van der Waals surface area contributed by atoms with Crippen molar-refractivity contribution in [1.82, 2.24) is 10.3 Å². The molecule has 1 saturated carbocycles. The molecule has 166 valence electrons. The molecule has 3 aromatic rings. The Balaban J connectivity index is 1.45. The van der Waals surface area contributed by atoms with Crippen LogP contribution in [0.4, 0.5) is 0 Å². The molecule has 1 N–H and O–H groups in total. The Hall–Kier alpha value is -2.36. The summed E-state index contributed by atoms with van der Waals surface area (Å²) in [6.07, 6.45) is 5.93. The van der Waals surface area contributed by atoms with Crippen molar-refractivity contribution < 1.29 is 4.74 Å². The van der Waals surface area contributed by atoms with E-state index in [-0.39, 0.29) is 5.54 Å². The first kappa shape index (κ1) is 21.5. The lowest BCUT2D eigenvalue weighted by atomic mass is 9.70. The van der Waals surface area contributed by atoms with E-state index < -0.39 is 0 Å². The van der Waals surface area contributed by atoms with Crippen LogP contribution in [0.5, 0.6) is 5.88 Å². The summed E-state index contributed by atoms with van der Waals surface area (Å²) in [5.41, 5.74) is 8.31. The first-order chi connectivity index (χ1) is 15.5. The monoisotopic (exact) mass is 446 g/mol. The second kappa shape index (κ2) is 8.53. The molecular formula is C28H31ClN2O. The lowest BCUT2D eigenvalue weighted by Gasteiger charge is -2.44. The molecule has 1 heterocycles. The van der Waals surface area contributed by atoms with E-state index in [2.05, 4.69) is 61.6 Å². The third-order valence-corrected chi connectivity index (χ3v) is 7.55. The minimum Gasteiger partial charge on any atom is -0.481 e. The van der Waals surface area contributed by atoms with Crippen molar-refractivity contribution in [2.45, 2.75) is 58.0 Å². The summed E-state index contributed by atoms with van der Waals surface area (Å²) in [5, 5.41) is 4.45. The minimum atomic E-state index is 0.219. The second-order valence-corrected chi connectivity index (χ2v) is 10.1. The predicted molar refractivity (Wildman–Crippen MR) is 132 cm³/mol. The van der Waals surface area contributed by atoms with E-state index in [0.29, 0.717) is 5.88 Å². The number of fused-ring (bicyclic) bond motifs is 1. The Morgan fingerprint density at radius 2 is 1.78 bits per heavy atom. The molecule has 32 heavy (non-hydrogen) atoms. The van der Waals surface area contributed by atoms with Gasteiger partial charge < -0.3 is 10.1 Å². The number of hydrogen-bond donors (Lipinski definition) is 1. The van der Waals surface area contributed by atoms with Crippen LogP contribution in [-0.2, 0) is 19.4 Å². The zero-order valence-corrected chi connectivity index (χ0v) is 19.9. The smallest absolute Gasteiger partial charge is 0.218 e. The number of halogens is 1. The summed E-state index contributed by atoms with van der Waals surface area (Å²) >= 11 is 6.98. The lowest BCUT2D eigenvalue weighted by Crippen LogP contribution is -2.51. The molecule has 0 aliphatic heterocycles. The van der Waals surface area contributed by atoms with Crippen LogP contribution in [0.1, 0.15) is 49.8 Å². The summed E-state index contributed by atoms with van der Waals surface area (Å²) in [6.45, 7) is 5.36. The van der Waals surface area contributed by atoms with Crippen LogP contribution in [0, 0.1) is 5.92 Å². The first-order valence-electron chi connectivity index (χ1n) is 11.7. The van der Waals surface area contributed by atoms with Gasteiger partial charge in [0.15, 0.2) is 0 Å². The molecule has 0 atom stereocenters. The van der Waals surface area contributed by atoms with Gasteiger partial charge in [0.2, 0.25) is 5.88 Å². The molecule has 0 spiro atoms. The molecule has 1 aromatic heterocycles. The van der Waals surface area contributed by atoms with Crippen molar-refractivity contribution in [3.63, 3.8) is 0 Å². The summed E-state index contributed by atoms with van der Waals surface area (Å²) in [6, 6.07) is 17.0. The molecule has 0 radical (unpaired) electrons. The van der Waals surface area contributed by atoms with Gasteiger partial charge in [-0.1, -0.05) is 61.0 Å². The first-order valence-corrected chi connectivity index (χ1v) is 12.0. The van der Waals surface area contributed by atoms with E-state index in [9.17, 15) is 0 Å². The van der Waals surface area contributed by atoms with Gasteiger partial charge in [-0.05, 0) is 67.7 Å². The van der Waals surface area contributed by atoms with Gasteiger partial charge in [-0.3, -0.25) is 0 Å². The van der Waals surface area contributed by atoms with Crippen LogP contribution >= 0.6 is 11.6 Å². The number of nitrogens with zero attached hydrogens (tertiary/aromatic N) is 1. The molecule has 4 heteroatoms. The number of benzene rings is 2. The van der Waals surface area contributed by atoms with Crippen LogP contribution in [0.2, 0.25) is 5.02 Å². The molecule has 0 bridgehead atoms. The standard InChI is InChI=1S/C28H31ClN2O/c1-18-15-28(2,16-18)30-17-20-13-14-25(31-27(20)32-3)24-12-6-11-23(26(24)29)22-10-5-8-19-7-4-9-21(19)22/h5-6,8,10-14,18,30H,4,7,9,15-17H2,1-3H3/t18-,28+. The Bertz CT molecular complexity index is 1150. The molecule has 2 aliphatic carbocycles. The molecule has 0 unspecified atom stereocenters. The van der Waals surface area contributed by atoms with E-state index >= 15 is 0 Å². The number of hydrogen-bond acceptors (Lipinski definition) is 3. The van der Waals surface area contributed by atoms with E-state index in [1.165, 1.54) is 36.0 Å². The maximum Gasteiger partial charge on any atom is 0.218 e. The van der Waals surface area contributed by atoms with Gasteiger partial charge in [0, 0.05) is 28.8 Å². The van der Waals surface area contributed by atoms with Crippen molar-refractivity contribution in [2.75, 3.05) is 7.11 Å². The average Bonchev–Trinajstić information content (AvgIpc) is 3.26. The summed E-state index contributed by atoms with van der Waals surface area (Å²) in [5.74, 6) is 1.46. The average molecular weight is 447 g/mol. The van der Waals surface area contributed by atoms with Gasteiger partial charge in [0.1, 0.15) is 0 Å². The molecule has 2 aromatic carbocycles. The van der Waals surface area contributed by atoms with Gasteiger partial charge in [-0.25, -0.2) is 4.98 Å². The highest BCUT2D eigenvalue weighted by atomic mass is 35.5. The Morgan fingerprint density at radius 1 is 1.03 bits per heavy atom. The van der Waals surface area contributed by atoms with Gasteiger partial charge in [-0.15, -0.1) is 0 Å². The minimum absolute atomic E-state index is 0.219. The predicted octanol–water partition coefficient (Wildman–Crippen LogP) is 6.84. The number of aryl methyl sites for hydroxylation is 1. The number of ether oxygens (including phenoxy) is 1. The SMILES string of the molecule is COc1nc(-c2cccc(-c3cccc4c3CCC4)c2Cl)ccc1CN[C@]1(C)C[C@H](C)C1. The fourth-order valence-corrected chi connectivity index (χ4v) is 6.00. The maximum atomic E-state index is 6.98. The van der Waals surface area contributed by atoms with E-state index in [4.69, 9.17) is 21.3 Å². The van der Waals surface area contributed by atoms with Gasteiger partial charge in [0.25, 0.3) is 0 Å². The number of rotatable bonds is 6. The fourth-order valence-electron chi connectivity index (χ4n) is 5.67. The Morgan fingerprint density at radius 3 is 2.56 bits per heavy atom. The van der Waals surface area contributed by atoms with Crippen LogP contribution in [0.25, 0.3) is 22.4 Å². The zero-order chi connectivity index (χ0) is 22.3. The van der Waals surface area contributed by atoms with Crippen LogP contribution < -0.4 is 10.1 Å². The van der Waals surface area contributed by atoms with Gasteiger partial charge in [0.05, 0.1) is 17.8 Å². The van der Waals surface area contributed by atoms with Crippen molar-refractivity contribution in [3.05, 3.63) is 70.2 Å². The number of pyridine rings is 1. The van der Waals surface area contributed by atoms with Crippen LogP contribution in [0.3, 0.4) is 0 Å². The van der Waals surface area contributed by atoms with Gasteiger partial charge >= 0.3 is 0 Å². The molecular weight excluding hydrogens is 416 g/mol. The molecule has 1 fully saturated rings. The van der Waals surface area contributed by atoms with E-state index in [1.54, 1.807) is 7.11 Å². The second-order valence-electron chi connectivity index (χ2n) is 9.76. The Labute approximate surface area is 196 Å². The molecule has 0 saturated heterocycles. The number of aromatic nitrogens is 1. The van der Waals surface area contributed by atoms with Crippen molar-refractivity contribution in [1.29, 1.82) is 0 Å². The topological polar surface area (TPSA) is 34.1 Å². The zero-order valence-electron chi connectivity index (χ0n) is 19.2. The van der Waals surface area contributed by atoms with Crippen molar-refractivity contribution in [3.8, 4) is 28.3 Å². The van der Waals surface area contributed by atoms with Crippen LogP contribution in [0.15, 0.2) is 48.5 Å². The fraction of sp³-hybridized carbons (Fsp3) is 0.393. The highest BCUT2D eigenvalue weighted by Gasteiger charge is 2.37. The third-order valence-electron chi connectivity index (χ3n) is 7.15. The van der Waals surface area contributed by atoms with Gasteiger partial charge in [-0.2, -0.15) is 0 Å². The summed E-state index contributed by atoms with van der Waals surface area (Å²) in [4.78, 5) is 4.84. The van der Waals surface area contributed by atoms with E-state index in [0.717, 1.165) is 52.7 Å². The highest BCUT2D eigenvalue weighted by molar-refractivity contribution is 6.36. The third kappa shape index (κ3) is 3.93.